The summed E-state index contributed by atoms with van der Waals surface area (Å²) in [4.78, 5) is 4.85. The van der Waals surface area contributed by atoms with E-state index in [4.69, 9.17) is 4.98 Å². The van der Waals surface area contributed by atoms with Crippen LogP contribution in [0.1, 0.15) is 44.7 Å². The fourth-order valence-corrected chi connectivity index (χ4v) is 4.20. The summed E-state index contributed by atoms with van der Waals surface area (Å²) >= 11 is 2.00. The van der Waals surface area contributed by atoms with Gasteiger partial charge in [-0.05, 0) is 31.5 Å². The van der Waals surface area contributed by atoms with E-state index in [9.17, 15) is 0 Å². The van der Waals surface area contributed by atoms with Gasteiger partial charge in [0.05, 0.1) is 5.69 Å². The molecule has 1 aliphatic carbocycles. The third-order valence-electron chi connectivity index (χ3n) is 3.97. The largest absolute Gasteiger partial charge is 0.311 e. The average Bonchev–Trinajstić information content (AvgIpc) is 2.83. The highest BCUT2D eigenvalue weighted by molar-refractivity contribution is 7.99. The predicted octanol–water partition coefficient (Wildman–Crippen LogP) is 3.87. The molecule has 2 aromatic rings. The molecule has 4 heteroatoms. The summed E-state index contributed by atoms with van der Waals surface area (Å²) in [5.41, 5.74) is 2.39. The maximum atomic E-state index is 4.85. The Balaban J connectivity index is 1.87. The molecule has 108 valence electrons. The number of nitrogens with one attached hydrogen (secondary N) is 1. The zero-order valence-corrected chi connectivity index (χ0v) is 13.0. The molecule has 0 unspecified atom stereocenters. The van der Waals surface area contributed by atoms with Crippen LogP contribution in [-0.2, 0) is 6.54 Å². The fraction of sp³-hybridized carbons (Fsp3) is 0.562. The number of fused-ring (bicyclic) bond motifs is 1. The van der Waals surface area contributed by atoms with Gasteiger partial charge in [0.1, 0.15) is 10.7 Å². The molecule has 2 aromatic heterocycles. The summed E-state index contributed by atoms with van der Waals surface area (Å²) in [5, 5.41) is 5.43. The molecular formula is C16H23N3S. The molecule has 2 heterocycles. The van der Waals surface area contributed by atoms with Gasteiger partial charge < -0.3 is 9.72 Å². The van der Waals surface area contributed by atoms with Gasteiger partial charge in [0.2, 0.25) is 0 Å². The first-order valence-electron chi connectivity index (χ1n) is 7.72. The number of aromatic nitrogens is 2. The van der Waals surface area contributed by atoms with Crippen LogP contribution in [0.4, 0.5) is 0 Å². The number of pyridine rings is 1. The highest BCUT2D eigenvalue weighted by Gasteiger charge is 2.19. The molecule has 0 atom stereocenters. The van der Waals surface area contributed by atoms with E-state index in [-0.39, 0.29) is 0 Å². The summed E-state index contributed by atoms with van der Waals surface area (Å²) in [5.74, 6) is 0. The smallest absolute Gasteiger partial charge is 0.138 e. The summed E-state index contributed by atoms with van der Waals surface area (Å²) in [6, 6.07) is 6.24. The SMILES string of the molecule is CCNCc1c(SC2CCCCC2)nc2ccccn12. The van der Waals surface area contributed by atoms with Crippen molar-refractivity contribution in [2.24, 2.45) is 0 Å². The van der Waals surface area contributed by atoms with E-state index in [1.165, 1.54) is 42.8 Å². The van der Waals surface area contributed by atoms with E-state index in [0.717, 1.165) is 24.0 Å². The Morgan fingerprint density at radius 1 is 1.30 bits per heavy atom. The Bertz CT molecular complexity index is 558. The zero-order valence-electron chi connectivity index (χ0n) is 12.1. The number of thioether (sulfide) groups is 1. The lowest BCUT2D eigenvalue weighted by Crippen LogP contribution is -2.15. The second-order valence-corrected chi connectivity index (χ2v) is 6.74. The van der Waals surface area contributed by atoms with Gasteiger partial charge in [-0.2, -0.15) is 0 Å². The number of hydrogen-bond donors (Lipinski definition) is 1. The molecule has 1 aliphatic rings. The number of hydrogen-bond acceptors (Lipinski definition) is 3. The molecule has 1 N–H and O–H groups in total. The molecule has 0 spiro atoms. The standard InChI is InChI=1S/C16H23N3S/c1-2-17-12-14-16(20-13-8-4-3-5-9-13)18-15-10-6-7-11-19(14)15/h6-7,10-11,13,17H,2-5,8-9,12H2,1H3. The van der Waals surface area contributed by atoms with E-state index in [0.29, 0.717) is 0 Å². The molecule has 0 radical (unpaired) electrons. The van der Waals surface area contributed by atoms with Gasteiger partial charge in [0.25, 0.3) is 0 Å². The van der Waals surface area contributed by atoms with Gasteiger partial charge in [0.15, 0.2) is 0 Å². The monoisotopic (exact) mass is 289 g/mol. The normalized spacial score (nSPS) is 16.9. The molecule has 0 aliphatic heterocycles. The lowest BCUT2D eigenvalue weighted by atomic mass is 10.0. The first-order valence-corrected chi connectivity index (χ1v) is 8.60. The molecule has 3 rings (SSSR count). The van der Waals surface area contributed by atoms with E-state index in [2.05, 4.69) is 41.0 Å². The molecule has 0 bridgehead atoms. The minimum Gasteiger partial charge on any atom is -0.311 e. The highest BCUT2D eigenvalue weighted by atomic mass is 32.2. The quantitative estimate of drug-likeness (QED) is 0.906. The van der Waals surface area contributed by atoms with Crippen molar-refractivity contribution in [1.29, 1.82) is 0 Å². The molecule has 0 amide bonds. The highest BCUT2D eigenvalue weighted by Crippen LogP contribution is 2.35. The van der Waals surface area contributed by atoms with Crippen LogP contribution < -0.4 is 5.32 Å². The van der Waals surface area contributed by atoms with Crippen molar-refractivity contribution in [2.45, 2.75) is 55.8 Å². The van der Waals surface area contributed by atoms with Gasteiger partial charge in [-0.25, -0.2) is 4.98 Å². The van der Waals surface area contributed by atoms with Crippen LogP contribution in [0.2, 0.25) is 0 Å². The van der Waals surface area contributed by atoms with Gasteiger partial charge in [0, 0.05) is 18.0 Å². The number of rotatable bonds is 5. The molecule has 20 heavy (non-hydrogen) atoms. The van der Waals surface area contributed by atoms with Crippen molar-refractivity contribution in [2.75, 3.05) is 6.54 Å². The van der Waals surface area contributed by atoms with Crippen molar-refractivity contribution in [3.8, 4) is 0 Å². The maximum absolute atomic E-state index is 4.85. The van der Waals surface area contributed by atoms with Gasteiger partial charge in [-0.1, -0.05) is 32.3 Å². The minimum absolute atomic E-state index is 0.758. The van der Waals surface area contributed by atoms with Crippen molar-refractivity contribution >= 4 is 17.4 Å². The van der Waals surface area contributed by atoms with Crippen molar-refractivity contribution in [1.82, 2.24) is 14.7 Å². The van der Waals surface area contributed by atoms with Crippen molar-refractivity contribution in [3.05, 3.63) is 30.1 Å². The van der Waals surface area contributed by atoms with Gasteiger partial charge in [-0.15, -0.1) is 11.8 Å². The van der Waals surface area contributed by atoms with Crippen LogP contribution >= 0.6 is 11.8 Å². The summed E-state index contributed by atoms with van der Waals surface area (Å²) in [6.45, 7) is 4.04. The summed E-state index contributed by atoms with van der Waals surface area (Å²) in [7, 11) is 0. The second-order valence-electron chi connectivity index (χ2n) is 5.45. The van der Waals surface area contributed by atoms with Crippen LogP contribution in [0.3, 0.4) is 0 Å². The van der Waals surface area contributed by atoms with Crippen molar-refractivity contribution < 1.29 is 0 Å². The van der Waals surface area contributed by atoms with Crippen LogP contribution in [0.25, 0.3) is 5.65 Å². The molecule has 1 fully saturated rings. The molecule has 1 saturated carbocycles. The number of imidazole rings is 1. The average molecular weight is 289 g/mol. The molecule has 0 aromatic carbocycles. The lowest BCUT2D eigenvalue weighted by molar-refractivity contribution is 0.515. The van der Waals surface area contributed by atoms with E-state index in [1.54, 1.807) is 0 Å². The number of nitrogens with zero attached hydrogens (tertiary/aromatic N) is 2. The molecular weight excluding hydrogens is 266 g/mol. The lowest BCUT2D eigenvalue weighted by Gasteiger charge is -2.20. The summed E-state index contributed by atoms with van der Waals surface area (Å²) < 4.78 is 2.23. The fourth-order valence-electron chi connectivity index (χ4n) is 2.86. The van der Waals surface area contributed by atoms with Gasteiger partial charge >= 0.3 is 0 Å². The van der Waals surface area contributed by atoms with E-state index >= 15 is 0 Å². The topological polar surface area (TPSA) is 29.3 Å². The minimum atomic E-state index is 0.758. The van der Waals surface area contributed by atoms with Crippen LogP contribution in [-0.4, -0.2) is 21.2 Å². The summed E-state index contributed by atoms with van der Waals surface area (Å²) in [6.07, 6.45) is 8.99. The van der Waals surface area contributed by atoms with Crippen molar-refractivity contribution in [3.63, 3.8) is 0 Å². The van der Waals surface area contributed by atoms with Crippen LogP contribution in [0.5, 0.6) is 0 Å². The maximum Gasteiger partial charge on any atom is 0.138 e. The van der Waals surface area contributed by atoms with E-state index in [1.807, 2.05) is 11.8 Å². The van der Waals surface area contributed by atoms with E-state index < -0.39 is 0 Å². The Morgan fingerprint density at radius 2 is 2.15 bits per heavy atom. The first kappa shape index (κ1) is 14.0. The van der Waals surface area contributed by atoms with Crippen LogP contribution in [0.15, 0.2) is 29.4 Å². The molecule has 3 nitrogen and oxygen atoms in total. The second kappa shape index (κ2) is 6.64. The first-order chi connectivity index (χ1) is 9.88. The third kappa shape index (κ3) is 3.01. The van der Waals surface area contributed by atoms with Gasteiger partial charge in [-0.3, -0.25) is 0 Å². The Hall–Kier alpha value is -1.00. The van der Waals surface area contributed by atoms with Crippen LogP contribution in [0, 0.1) is 0 Å². The Morgan fingerprint density at radius 3 is 2.95 bits per heavy atom. The Kier molecular flexibility index (Phi) is 4.63. The molecule has 0 saturated heterocycles. The third-order valence-corrected chi connectivity index (χ3v) is 5.32. The predicted molar refractivity (Wildman–Crippen MR) is 85.3 cm³/mol. The zero-order chi connectivity index (χ0) is 13.8. The Labute approximate surface area is 125 Å².